The third-order valence-corrected chi connectivity index (χ3v) is 1.80. The van der Waals surface area contributed by atoms with Crippen molar-refractivity contribution in [1.29, 1.82) is 0 Å². The van der Waals surface area contributed by atoms with Crippen LogP contribution in [0.1, 0.15) is 5.56 Å². The number of hydrogen-bond donors (Lipinski definition) is 1. The van der Waals surface area contributed by atoms with E-state index in [-0.39, 0.29) is 0 Å². The molecule has 1 aromatic carbocycles. The molecule has 0 aliphatic carbocycles. The molecule has 0 spiro atoms. The van der Waals surface area contributed by atoms with E-state index in [9.17, 15) is 0 Å². The molecule has 12 heavy (non-hydrogen) atoms. The van der Waals surface area contributed by atoms with Gasteiger partial charge in [0.05, 0.1) is 18.5 Å². The number of benzene rings is 1. The minimum Gasteiger partial charge on any atom is -0.397 e. The highest BCUT2D eigenvalue weighted by Gasteiger charge is 2.03. The Kier molecular flexibility index (Phi) is 2.55. The topological polar surface area (TPSA) is 38.5 Å². The van der Waals surface area contributed by atoms with E-state index in [0.717, 1.165) is 11.4 Å². The molecule has 0 atom stereocenters. The smallest absolute Gasteiger partial charge is 0.0864 e. The van der Waals surface area contributed by atoms with Gasteiger partial charge >= 0.3 is 0 Å². The summed E-state index contributed by atoms with van der Waals surface area (Å²) in [5.74, 6) is 0. The lowest BCUT2D eigenvalue weighted by Gasteiger charge is -2.18. The minimum absolute atomic E-state index is 0.727. The van der Waals surface area contributed by atoms with Crippen molar-refractivity contribution in [1.82, 2.24) is 0 Å². The second kappa shape index (κ2) is 3.45. The van der Waals surface area contributed by atoms with Crippen molar-refractivity contribution in [2.45, 2.75) is 6.92 Å². The first-order valence-electron chi connectivity index (χ1n) is 3.79. The molecule has 0 unspecified atom stereocenters. The summed E-state index contributed by atoms with van der Waals surface area (Å²) in [6, 6.07) is 5.83. The lowest BCUT2D eigenvalue weighted by Crippen LogP contribution is -2.16. The van der Waals surface area contributed by atoms with E-state index in [2.05, 4.69) is 0 Å². The largest absolute Gasteiger partial charge is 0.397 e. The molecule has 0 bridgehead atoms. The molecule has 1 rings (SSSR count). The fourth-order valence-electron chi connectivity index (χ4n) is 1.02. The number of nitrogens with two attached hydrogens (primary N) is 1. The molecule has 66 valence electrons. The normalized spacial score (nSPS) is 9.92. The Morgan fingerprint density at radius 1 is 1.42 bits per heavy atom. The zero-order chi connectivity index (χ0) is 9.14. The fourth-order valence-corrected chi connectivity index (χ4v) is 1.02. The van der Waals surface area contributed by atoms with Gasteiger partial charge in [-0.1, -0.05) is 6.07 Å². The van der Waals surface area contributed by atoms with E-state index in [1.54, 1.807) is 12.2 Å². The monoisotopic (exact) mass is 166 g/mol. The van der Waals surface area contributed by atoms with Crippen LogP contribution in [0.2, 0.25) is 0 Å². The Labute approximate surface area is 72.7 Å². The van der Waals surface area contributed by atoms with Gasteiger partial charge in [-0.25, -0.2) is 0 Å². The summed E-state index contributed by atoms with van der Waals surface area (Å²) < 4.78 is 0. The summed E-state index contributed by atoms with van der Waals surface area (Å²) in [6.07, 6.45) is 0. The maximum Gasteiger partial charge on any atom is 0.0864 e. The van der Waals surface area contributed by atoms with Crippen LogP contribution < -0.4 is 10.8 Å². The molecule has 0 aromatic heterocycles. The highest BCUT2D eigenvalue weighted by Crippen LogP contribution is 2.22. The van der Waals surface area contributed by atoms with Crippen LogP contribution in [0.4, 0.5) is 11.4 Å². The maximum atomic E-state index is 5.74. The van der Waals surface area contributed by atoms with Crippen molar-refractivity contribution in [2.24, 2.45) is 0 Å². The van der Waals surface area contributed by atoms with Crippen LogP contribution in [0.25, 0.3) is 0 Å². The molecule has 0 saturated heterocycles. The zero-order valence-corrected chi connectivity index (χ0v) is 7.66. The summed E-state index contributed by atoms with van der Waals surface area (Å²) in [5.41, 5.74) is 8.54. The molecular formula is C9H14N2O. The Bertz CT molecular complexity index is 273. The van der Waals surface area contributed by atoms with Crippen LogP contribution >= 0.6 is 0 Å². The number of nitrogen functional groups attached to an aromatic ring is 1. The second-order valence-corrected chi connectivity index (χ2v) is 2.74. The van der Waals surface area contributed by atoms with E-state index in [1.807, 2.05) is 32.2 Å². The summed E-state index contributed by atoms with van der Waals surface area (Å²) in [7, 11) is 3.44. The van der Waals surface area contributed by atoms with Crippen molar-refractivity contribution in [3.05, 3.63) is 23.8 Å². The molecule has 3 nitrogen and oxygen atoms in total. The molecular weight excluding hydrogens is 152 g/mol. The Morgan fingerprint density at radius 2 is 2.08 bits per heavy atom. The minimum atomic E-state index is 0.727. The number of aryl methyl sites for hydroxylation is 1. The van der Waals surface area contributed by atoms with E-state index in [0.29, 0.717) is 0 Å². The number of rotatable bonds is 2. The first kappa shape index (κ1) is 8.87. The van der Waals surface area contributed by atoms with E-state index < -0.39 is 0 Å². The zero-order valence-electron chi connectivity index (χ0n) is 7.66. The first-order valence-corrected chi connectivity index (χ1v) is 3.79. The molecule has 0 fully saturated rings. The highest BCUT2D eigenvalue weighted by molar-refractivity contribution is 5.66. The van der Waals surface area contributed by atoms with Gasteiger partial charge < -0.3 is 5.73 Å². The van der Waals surface area contributed by atoms with E-state index >= 15 is 0 Å². The van der Waals surface area contributed by atoms with Gasteiger partial charge in [-0.3, -0.25) is 9.90 Å². The molecule has 3 heteroatoms. The molecule has 0 heterocycles. The SMILES string of the molecule is CON(C)c1cc(C)ccc1N. The van der Waals surface area contributed by atoms with Crippen molar-refractivity contribution >= 4 is 11.4 Å². The molecule has 1 aromatic rings. The molecule has 2 N–H and O–H groups in total. The van der Waals surface area contributed by atoms with E-state index in [1.165, 1.54) is 5.56 Å². The summed E-state index contributed by atoms with van der Waals surface area (Å²) >= 11 is 0. The standard InChI is InChI=1S/C9H14N2O/c1-7-4-5-8(10)9(6-7)11(2)12-3/h4-6H,10H2,1-3H3. The third-order valence-electron chi connectivity index (χ3n) is 1.80. The van der Waals surface area contributed by atoms with Gasteiger partial charge in [-0.05, 0) is 24.6 Å². The van der Waals surface area contributed by atoms with Gasteiger partial charge in [-0.15, -0.1) is 0 Å². The fraction of sp³-hybridized carbons (Fsp3) is 0.333. The molecule has 0 aliphatic heterocycles. The van der Waals surface area contributed by atoms with Crippen LogP contribution in [-0.2, 0) is 4.84 Å². The van der Waals surface area contributed by atoms with Crippen LogP contribution in [-0.4, -0.2) is 14.2 Å². The Morgan fingerprint density at radius 3 is 2.67 bits per heavy atom. The van der Waals surface area contributed by atoms with Gasteiger partial charge in [-0.2, -0.15) is 0 Å². The van der Waals surface area contributed by atoms with E-state index in [4.69, 9.17) is 10.6 Å². The maximum absolute atomic E-state index is 5.74. The lowest BCUT2D eigenvalue weighted by molar-refractivity contribution is 0.185. The molecule has 0 radical (unpaired) electrons. The highest BCUT2D eigenvalue weighted by atomic mass is 16.7. The molecule has 0 aliphatic rings. The van der Waals surface area contributed by atoms with Gasteiger partial charge in [0.1, 0.15) is 0 Å². The predicted octanol–water partition coefficient (Wildman–Crippen LogP) is 1.57. The molecule has 0 amide bonds. The van der Waals surface area contributed by atoms with Crippen LogP contribution in [0, 0.1) is 6.92 Å². The van der Waals surface area contributed by atoms with Gasteiger partial charge in [0.15, 0.2) is 0 Å². The van der Waals surface area contributed by atoms with Crippen LogP contribution in [0.5, 0.6) is 0 Å². The summed E-state index contributed by atoms with van der Waals surface area (Å²) in [4.78, 5) is 5.03. The third kappa shape index (κ3) is 1.68. The lowest BCUT2D eigenvalue weighted by atomic mass is 10.2. The average molecular weight is 166 g/mol. The van der Waals surface area contributed by atoms with Crippen molar-refractivity contribution in [3.8, 4) is 0 Å². The second-order valence-electron chi connectivity index (χ2n) is 2.74. The van der Waals surface area contributed by atoms with Gasteiger partial charge in [0, 0.05) is 7.05 Å². The number of anilines is 2. The first-order chi connectivity index (χ1) is 5.65. The Balaban J connectivity index is 3.04. The van der Waals surface area contributed by atoms with Crippen molar-refractivity contribution in [3.63, 3.8) is 0 Å². The van der Waals surface area contributed by atoms with Crippen molar-refractivity contribution < 1.29 is 4.84 Å². The van der Waals surface area contributed by atoms with Crippen LogP contribution in [0.15, 0.2) is 18.2 Å². The Hall–Kier alpha value is -1.22. The predicted molar refractivity (Wildman–Crippen MR) is 51.0 cm³/mol. The van der Waals surface area contributed by atoms with Crippen LogP contribution in [0.3, 0.4) is 0 Å². The summed E-state index contributed by atoms with van der Waals surface area (Å²) in [6.45, 7) is 2.02. The number of hydroxylamine groups is 1. The average Bonchev–Trinajstić information content (AvgIpc) is 2.08. The number of hydrogen-bond acceptors (Lipinski definition) is 3. The van der Waals surface area contributed by atoms with Gasteiger partial charge in [0.25, 0.3) is 0 Å². The van der Waals surface area contributed by atoms with Crippen molar-refractivity contribution in [2.75, 3.05) is 25.0 Å². The molecule has 0 saturated carbocycles. The van der Waals surface area contributed by atoms with Gasteiger partial charge in [0.2, 0.25) is 0 Å². The summed E-state index contributed by atoms with van der Waals surface area (Å²) in [5, 5.41) is 1.64. The quantitative estimate of drug-likeness (QED) is 0.535. The number of nitrogens with zero attached hydrogens (tertiary/aromatic N) is 1.